The molecule has 0 radical (unpaired) electrons. The fraction of sp³-hybridized carbons (Fsp3) is 0.0909. The highest BCUT2D eigenvalue weighted by Gasteiger charge is 2.15. The van der Waals surface area contributed by atoms with Crippen molar-refractivity contribution in [1.29, 1.82) is 0 Å². The molecule has 0 aliphatic rings. The van der Waals surface area contributed by atoms with Crippen molar-refractivity contribution in [2.75, 3.05) is 12.8 Å². The van der Waals surface area contributed by atoms with Crippen molar-refractivity contribution in [1.82, 2.24) is 15.0 Å². The van der Waals surface area contributed by atoms with Crippen LogP contribution >= 0.6 is 11.8 Å². The Kier molecular flexibility index (Phi) is 3.73. The van der Waals surface area contributed by atoms with Crippen LogP contribution in [0.2, 0.25) is 0 Å². The molecule has 0 atom stereocenters. The summed E-state index contributed by atoms with van der Waals surface area (Å²) < 4.78 is 4.64. The lowest BCUT2D eigenvalue weighted by atomic mass is 10.2. The lowest BCUT2D eigenvalue weighted by Crippen LogP contribution is -2.07. The van der Waals surface area contributed by atoms with Crippen LogP contribution < -0.4 is 5.73 Å². The van der Waals surface area contributed by atoms with Crippen LogP contribution in [0, 0.1) is 0 Å². The predicted molar refractivity (Wildman–Crippen MR) is 66.1 cm³/mol. The number of nitrogens with zero attached hydrogens (tertiary/aromatic N) is 3. The van der Waals surface area contributed by atoms with Gasteiger partial charge in [-0.25, -0.2) is 19.7 Å². The van der Waals surface area contributed by atoms with Crippen LogP contribution in [0.15, 0.2) is 40.9 Å². The van der Waals surface area contributed by atoms with Gasteiger partial charge in [-0.05, 0) is 23.9 Å². The van der Waals surface area contributed by atoms with Crippen LogP contribution in [-0.4, -0.2) is 28.0 Å². The van der Waals surface area contributed by atoms with Crippen molar-refractivity contribution < 1.29 is 9.53 Å². The van der Waals surface area contributed by atoms with E-state index in [-0.39, 0.29) is 11.3 Å². The summed E-state index contributed by atoms with van der Waals surface area (Å²) in [5, 5.41) is 0.989. The van der Waals surface area contributed by atoms with Gasteiger partial charge in [-0.2, -0.15) is 0 Å². The molecule has 18 heavy (non-hydrogen) atoms. The topological polar surface area (TPSA) is 91.0 Å². The molecular weight excluding hydrogens is 252 g/mol. The zero-order valence-corrected chi connectivity index (χ0v) is 10.3. The summed E-state index contributed by atoms with van der Waals surface area (Å²) in [7, 11) is 1.30. The van der Waals surface area contributed by atoms with Crippen molar-refractivity contribution in [3.8, 4) is 0 Å². The summed E-state index contributed by atoms with van der Waals surface area (Å²) in [5.41, 5.74) is 6.42. The number of nitrogen functional groups attached to an aromatic ring is 1. The van der Waals surface area contributed by atoms with Gasteiger partial charge in [0.15, 0.2) is 5.16 Å². The average Bonchev–Trinajstić information content (AvgIpc) is 2.41. The Bertz CT molecular complexity index is 562. The van der Waals surface area contributed by atoms with Gasteiger partial charge in [-0.3, -0.25) is 0 Å². The maximum Gasteiger partial charge on any atom is 0.340 e. The molecule has 0 fully saturated rings. The van der Waals surface area contributed by atoms with Crippen molar-refractivity contribution in [2.45, 2.75) is 10.2 Å². The molecule has 0 unspecified atom stereocenters. The third-order valence-electron chi connectivity index (χ3n) is 2.09. The normalized spacial score (nSPS) is 10.1. The molecule has 0 amide bonds. The van der Waals surface area contributed by atoms with E-state index < -0.39 is 5.97 Å². The van der Waals surface area contributed by atoms with E-state index in [4.69, 9.17) is 5.73 Å². The first kappa shape index (κ1) is 12.3. The van der Waals surface area contributed by atoms with Crippen LogP contribution in [0.1, 0.15) is 10.4 Å². The van der Waals surface area contributed by atoms with Crippen molar-refractivity contribution in [3.63, 3.8) is 0 Å². The minimum Gasteiger partial charge on any atom is -0.465 e. The van der Waals surface area contributed by atoms with E-state index in [1.54, 1.807) is 18.5 Å². The van der Waals surface area contributed by atoms with E-state index in [0.717, 1.165) is 0 Å². The first-order valence-corrected chi connectivity index (χ1v) is 5.81. The monoisotopic (exact) mass is 262 g/mol. The quantitative estimate of drug-likeness (QED) is 0.660. The fourth-order valence-corrected chi connectivity index (χ4v) is 1.98. The number of carbonyl (C=O) groups is 1. The van der Waals surface area contributed by atoms with Gasteiger partial charge in [0, 0.05) is 18.6 Å². The van der Waals surface area contributed by atoms with E-state index in [1.165, 1.54) is 31.1 Å². The van der Waals surface area contributed by atoms with Gasteiger partial charge < -0.3 is 10.5 Å². The molecule has 2 aromatic heterocycles. The maximum absolute atomic E-state index is 11.5. The molecule has 2 rings (SSSR count). The van der Waals surface area contributed by atoms with Gasteiger partial charge >= 0.3 is 5.97 Å². The number of ether oxygens (including phenoxy) is 1. The smallest absolute Gasteiger partial charge is 0.340 e. The second kappa shape index (κ2) is 5.46. The largest absolute Gasteiger partial charge is 0.465 e. The lowest BCUT2D eigenvalue weighted by Gasteiger charge is -2.07. The summed E-state index contributed by atoms with van der Waals surface area (Å²) in [6, 6.07) is 3.22. The zero-order chi connectivity index (χ0) is 13.0. The Morgan fingerprint density at radius 3 is 2.67 bits per heavy atom. The van der Waals surface area contributed by atoms with E-state index >= 15 is 0 Å². The summed E-state index contributed by atoms with van der Waals surface area (Å²) in [6.45, 7) is 0. The van der Waals surface area contributed by atoms with Crippen LogP contribution in [0.25, 0.3) is 0 Å². The van der Waals surface area contributed by atoms with E-state index in [2.05, 4.69) is 19.7 Å². The average molecular weight is 262 g/mol. The van der Waals surface area contributed by atoms with Crippen molar-refractivity contribution in [3.05, 3.63) is 36.3 Å². The number of pyridine rings is 1. The molecule has 0 aliphatic heterocycles. The highest BCUT2D eigenvalue weighted by Crippen LogP contribution is 2.29. The Morgan fingerprint density at radius 1 is 1.28 bits per heavy atom. The highest BCUT2D eigenvalue weighted by molar-refractivity contribution is 7.99. The van der Waals surface area contributed by atoms with E-state index in [1.807, 2.05) is 0 Å². The summed E-state index contributed by atoms with van der Waals surface area (Å²) in [5.74, 6) is -0.495. The van der Waals surface area contributed by atoms with E-state index in [0.29, 0.717) is 10.2 Å². The SMILES string of the molecule is COC(=O)c1ccnc(Sc2ncccn2)c1N. The van der Waals surface area contributed by atoms with Gasteiger partial charge in [-0.1, -0.05) is 0 Å². The Morgan fingerprint density at radius 2 is 2.00 bits per heavy atom. The van der Waals surface area contributed by atoms with Gasteiger partial charge in [0.25, 0.3) is 0 Å². The summed E-state index contributed by atoms with van der Waals surface area (Å²) >= 11 is 1.19. The number of carbonyl (C=O) groups excluding carboxylic acids is 1. The number of rotatable bonds is 3. The molecule has 92 valence electrons. The van der Waals surface area contributed by atoms with Crippen LogP contribution in [0.3, 0.4) is 0 Å². The van der Waals surface area contributed by atoms with Gasteiger partial charge in [0.2, 0.25) is 0 Å². The zero-order valence-electron chi connectivity index (χ0n) is 9.53. The molecule has 2 N–H and O–H groups in total. The molecule has 7 heteroatoms. The number of aromatic nitrogens is 3. The number of hydrogen-bond acceptors (Lipinski definition) is 7. The van der Waals surface area contributed by atoms with Gasteiger partial charge in [-0.15, -0.1) is 0 Å². The molecule has 6 nitrogen and oxygen atoms in total. The minimum atomic E-state index is -0.495. The molecule has 0 saturated carbocycles. The molecule has 0 bridgehead atoms. The molecule has 2 aromatic rings. The molecule has 0 aromatic carbocycles. The molecule has 0 spiro atoms. The van der Waals surface area contributed by atoms with Crippen LogP contribution in [0.5, 0.6) is 0 Å². The number of esters is 1. The summed E-state index contributed by atoms with van der Waals surface area (Å²) in [4.78, 5) is 23.7. The number of methoxy groups -OCH3 is 1. The lowest BCUT2D eigenvalue weighted by molar-refractivity contribution is 0.0601. The van der Waals surface area contributed by atoms with Crippen LogP contribution in [-0.2, 0) is 4.74 Å². The highest BCUT2D eigenvalue weighted by atomic mass is 32.2. The Hall–Kier alpha value is -2.15. The second-order valence-corrected chi connectivity index (χ2v) is 4.16. The van der Waals surface area contributed by atoms with Crippen LogP contribution in [0.4, 0.5) is 5.69 Å². The van der Waals surface area contributed by atoms with Crippen molar-refractivity contribution >= 4 is 23.4 Å². The third-order valence-corrected chi connectivity index (χ3v) is 3.00. The second-order valence-electron chi connectivity index (χ2n) is 3.20. The minimum absolute atomic E-state index is 0.266. The maximum atomic E-state index is 11.5. The fourth-order valence-electron chi connectivity index (χ4n) is 1.25. The van der Waals surface area contributed by atoms with Crippen molar-refractivity contribution in [2.24, 2.45) is 0 Å². The number of anilines is 1. The third kappa shape index (κ3) is 2.57. The van der Waals surface area contributed by atoms with Gasteiger partial charge in [0.05, 0.1) is 18.4 Å². The number of hydrogen-bond donors (Lipinski definition) is 1. The van der Waals surface area contributed by atoms with E-state index in [9.17, 15) is 4.79 Å². The first-order valence-electron chi connectivity index (χ1n) is 5.00. The standard InChI is InChI=1S/C11H10N4O2S/c1-17-10(16)7-3-6-13-9(8(7)12)18-11-14-4-2-5-15-11/h2-6H,12H2,1H3. The molecule has 0 aliphatic carbocycles. The summed E-state index contributed by atoms with van der Waals surface area (Å²) in [6.07, 6.45) is 4.74. The first-order chi connectivity index (χ1) is 8.72. The number of nitrogens with two attached hydrogens (primary N) is 1. The Labute approximate surface area is 108 Å². The molecular formula is C11H10N4O2S. The molecule has 0 saturated heterocycles. The Balaban J connectivity index is 2.32. The van der Waals surface area contributed by atoms with Gasteiger partial charge in [0.1, 0.15) is 5.03 Å². The molecule has 2 heterocycles. The predicted octanol–water partition coefficient (Wildman–Crippen LogP) is 1.39.